The SMILES string of the molecule is N#Cc1c(N)nc(N2CCCC2)c(C#N)c1-c1cccc(-c2ccccc2)c1. The van der Waals surface area contributed by atoms with Gasteiger partial charge in [-0.3, -0.25) is 0 Å². The van der Waals surface area contributed by atoms with Gasteiger partial charge in [-0.25, -0.2) is 4.98 Å². The summed E-state index contributed by atoms with van der Waals surface area (Å²) in [5.74, 6) is 0.750. The normalized spacial score (nSPS) is 13.1. The molecule has 0 saturated carbocycles. The lowest BCUT2D eigenvalue weighted by atomic mass is 9.93. The van der Waals surface area contributed by atoms with Crippen LogP contribution in [0.5, 0.6) is 0 Å². The summed E-state index contributed by atoms with van der Waals surface area (Å²) in [5, 5.41) is 19.7. The molecular weight excluding hydrogens is 346 g/mol. The van der Waals surface area contributed by atoms with Crippen molar-refractivity contribution < 1.29 is 0 Å². The summed E-state index contributed by atoms with van der Waals surface area (Å²) in [7, 11) is 0. The third kappa shape index (κ3) is 3.04. The highest BCUT2D eigenvalue weighted by atomic mass is 15.2. The number of nitrogens with zero attached hydrogens (tertiary/aromatic N) is 4. The number of nitrogen functional groups attached to an aromatic ring is 1. The van der Waals surface area contributed by atoms with E-state index in [0.29, 0.717) is 16.9 Å². The molecule has 28 heavy (non-hydrogen) atoms. The number of hydrogen-bond donors (Lipinski definition) is 1. The second-order valence-electron chi connectivity index (χ2n) is 6.81. The van der Waals surface area contributed by atoms with Crippen molar-refractivity contribution in [3.05, 3.63) is 65.7 Å². The van der Waals surface area contributed by atoms with Crippen LogP contribution in [0.15, 0.2) is 54.6 Å². The van der Waals surface area contributed by atoms with Crippen LogP contribution in [0.4, 0.5) is 11.6 Å². The Morgan fingerprint density at radius 1 is 0.821 bits per heavy atom. The molecule has 2 heterocycles. The predicted molar refractivity (Wildman–Crippen MR) is 110 cm³/mol. The van der Waals surface area contributed by atoms with Crippen molar-refractivity contribution in [2.24, 2.45) is 0 Å². The van der Waals surface area contributed by atoms with Gasteiger partial charge in [-0.1, -0.05) is 48.5 Å². The average molecular weight is 365 g/mol. The fourth-order valence-electron chi connectivity index (χ4n) is 3.74. The van der Waals surface area contributed by atoms with E-state index in [0.717, 1.165) is 42.6 Å². The summed E-state index contributed by atoms with van der Waals surface area (Å²) < 4.78 is 0. The predicted octanol–water partition coefficient (Wildman–Crippen LogP) is 4.34. The van der Waals surface area contributed by atoms with Gasteiger partial charge in [-0.05, 0) is 35.6 Å². The number of anilines is 2. The molecule has 2 N–H and O–H groups in total. The molecule has 3 aromatic rings. The van der Waals surface area contributed by atoms with E-state index in [1.165, 1.54) is 0 Å². The molecule has 5 heteroatoms. The minimum atomic E-state index is 0.170. The van der Waals surface area contributed by atoms with Crippen LogP contribution < -0.4 is 10.6 Å². The zero-order valence-corrected chi connectivity index (χ0v) is 15.4. The minimum absolute atomic E-state index is 0.170. The first-order valence-electron chi connectivity index (χ1n) is 9.27. The molecule has 0 atom stereocenters. The van der Waals surface area contributed by atoms with Gasteiger partial charge >= 0.3 is 0 Å². The third-order valence-electron chi connectivity index (χ3n) is 5.09. The van der Waals surface area contributed by atoms with Crippen LogP contribution in [-0.4, -0.2) is 18.1 Å². The highest BCUT2D eigenvalue weighted by Crippen LogP contribution is 2.37. The number of hydrogen-bond acceptors (Lipinski definition) is 5. The van der Waals surface area contributed by atoms with Crippen molar-refractivity contribution in [2.45, 2.75) is 12.8 Å². The number of benzene rings is 2. The van der Waals surface area contributed by atoms with Crippen molar-refractivity contribution in [1.82, 2.24) is 4.98 Å². The number of nitrogens with two attached hydrogens (primary N) is 1. The number of nitriles is 2. The molecule has 0 bridgehead atoms. The van der Waals surface area contributed by atoms with Crippen molar-refractivity contribution in [1.29, 1.82) is 10.5 Å². The third-order valence-corrected chi connectivity index (χ3v) is 5.09. The maximum atomic E-state index is 9.95. The second-order valence-corrected chi connectivity index (χ2v) is 6.81. The maximum Gasteiger partial charge on any atom is 0.149 e. The molecule has 4 rings (SSSR count). The Labute approximate surface area is 164 Å². The summed E-state index contributed by atoms with van der Waals surface area (Å²) in [6.45, 7) is 1.69. The molecule has 1 aromatic heterocycles. The van der Waals surface area contributed by atoms with Gasteiger partial charge < -0.3 is 10.6 Å². The zero-order chi connectivity index (χ0) is 19.5. The van der Waals surface area contributed by atoms with Gasteiger partial charge in [0, 0.05) is 18.7 Å². The van der Waals surface area contributed by atoms with E-state index in [2.05, 4.69) is 22.0 Å². The lowest BCUT2D eigenvalue weighted by Gasteiger charge is -2.21. The van der Waals surface area contributed by atoms with E-state index >= 15 is 0 Å². The van der Waals surface area contributed by atoms with Gasteiger partial charge in [0.05, 0.1) is 0 Å². The minimum Gasteiger partial charge on any atom is -0.383 e. The largest absolute Gasteiger partial charge is 0.383 e. The van der Waals surface area contributed by atoms with Crippen LogP contribution in [0.3, 0.4) is 0 Å². The summed E-state index contributed by atoms with van der Waals surface area (Å²) in [6.07, 6.45) is 2.12. The first-order chi connectivity index (χ1) is 13.7. The summed E-state index contributed by atoms with van der Waals surface area (Å²) in [6, 6.07) is 22.3. The fourth-order valence-corrected chi connectivity index (χ4v) is 3.74. The van der Waals surface area contributed by atoms with Gasteiger partial charge in [-0.15, -0.1) is 0 Å². The van der Waals surface area contributed by atoms with Crippen LogP contribution in [0.1, 0.15) is 24.0 Å². The highest BCUT2D eigenvalue weighted by molar-refractivity contribution is 5.87. The standard InChI is InChI=1S/C23H19N5/c24-14-19-21(18-10-6-9-17(13-18)16-7-2-1-3-8-16)20(15-25)23(27-22(19)26)28-11-4-5-12-28/h1-3,6-10,13H,4-5,11-12H2,(H2,26,27). The molecule has 0 amide bonds. The molecule has 136 valence electrons. The van der Waals surface area contributed by atoms with Gasteiger partial charge in [0.1, 0.15) is 34.9 Å². The molecule has 5 nitrogen and oxygen atoms in total. The number of rotatable bonds is 3. The van der Waals surface area contributed by atoms with Crippen molar-refractivity contribution in [3.8, 4) is 34.4 Å². The topological polar surface area (TPSA) is 89.7 Å². The van der Waals surface area contributed by atoms with Gasteiger partial charge in [-0.2, -0.15) is 10.5 Å². The van der Waals surface area contributed by atoms with Crippen molar-refractivity contribution in [2.75, 3.05) is 23.7 Å². The van der Waals surface area contributed by atoms with E-state index in [1.54, 1.807) is 0 Å². The van der Waals surface area contributed by atoms with E-state index in [9.17, 15) is 10.5 Å². The van der Waals surface area contributed by atoms with Crippen LogP contribution >= 0.6 is 0 Å². The average Bonchev–Trinajstić information content (AvgIpc) is 3.28. The lowest BCUT2D eigenvalue weighted by molar-refractivity contribution is 0.935. The molecule has 0 radical (unpaired) electrons. The Balaban J connectivity index is 1.94. The smallest absolute Gasteiger partial charge is 0.149 e. The van der Waals surface area contributed by atoms with Gasteiger partial charge in [0.15, 0.2) is 0 Å². The molecule has 2 aromatic carbocycles. The quantitative estimate of drug-likeness (QED) is 0.745. The molecule has 1 aliphatic heterocycles. The van der Waals surface area contributed by atoms with E-state index in [4.69, 9.17) is 5.73 Å². The van der Waals surface area contributed by atoms with Gasteiger partial charge in [0.25, 0.3) is 0 Å². The van der Waals surface area contributed by atoms with Crippen molar-refractivity contribution >= 4 is 11.6 Å². The molecule has 1 fully saturated rings. The Kier molecular flexibility index (Phi) is 4.66. The summed E-state index contributed by atoms with van der Waals surface area (Å²) >= 11 is 0. The Hall–Kier alpha value is -3.83. The summed E-state index contributed by atoms with van der Waals surface area (Å²) in [5.41, 5.74) is 10.3. The molecule has 0 aliphatic carbocycles. The van der Waals surface area contributed by atoms with E-state index in [1.807, 2.05) is 54.6 Å². The monoisotopic (exact) mass is 365 g/mol. The fraction of sp³-hybridized carbons (Fsp3) is 0.174. The first-order valence-corrected chi connectivity index (χ1v) is 9.27. The van der Waals surface area contributed by atoms with E-state index in [-0.39, 0.29) is 11.4 Å². The summed E-state index contributed by atoms with van der Waals surface area (Å²) in [4.78, 5) is 6.51. The zero-order valence-electron chi connectivity index (χ0n) is 15.4. The second kappa shape index (κ2) is 7.42. The lowest BCUT2D eigenvalue weighted by Crippen LogP contribution is -2.21. The van der Waals surface area contributed by atoms with Crippen LogP contribution in [-0.2, 0) is 0 Å². The Morgan fingerprint density at radius 3 is 2.14 bits per heavy atom. The van der Waals surface area contributed by atoms with Crippen molar-refractivity contribution in [3.63, 3.8) is 0 Å². The Morgan fingerprint density at radius 2 is 1.46 bits per heavy atom. The number of aromatic nitrogens is 1. The van der Waals surface area contributed by atoms with Crippen LogP contribution in [0, 0.1) is 22.7 Å². The molecule has 1 saturated heterocycles. The van der Waals surface area contributed by atoms with Gasteiger partial charge in [0.2, 0.25) is 0 Å². The number of pyridine rings is 1. The van der Waals surface area contributed by atoms with Crippen LogP contribution in [0.2, 0.25) is 0 Å². The molecule has 0 unspecified atom stereocenters. The maximum absolute atomic E-state index is 9.95. The molecule has 1 aliphatic rings. The molecular formula is C23H19N5. The Bertz CT molecular complexity index is 1100. The highest BCUT2D eigenvalue weighted by Gasteiger charge is 2.25. The first kappa shape index (κ1) is 17.6. The van der Waals surface area contributed by atoms with Crippen LogP contribution in [0.25, 0.3) is 22.3 Å². The molecule has 0 spiro atoms. The van der Waals surface area contributed by atoms with E-state index < -0.39 is 0 Å².